The van der Waals surface area contributed by atoms with E-state index in [2.05, 4.69) is 20.4 Å². The Hall–Kier alpha value is -3.22. The molecule has 2 heterocycles. The van der Waals surface area contributed by atoms with Crippen molar-refractivity contribution in [3.63, 3.8) is 0 Å². The minimum absolute atomic E-state index is 0.653. The third-order valence-electron chi connectivity index (χ3n) is 3.63. The van der Waals surface area contributed by atoms with Crippen molar-refractivity contribution in [3.8, 4) is 0 Å². The molecule has 0 saturated heterocycles. The third-order valence-corrected chi connectivity index (χ3v) is 3.63. The summed E-state index contributed by atoms with van der Waals surface area (Å²) < 4.78 is 0. The Bertz CT molecular complexity index is 791. The zero-order valence-electron chi connectivity index (χ0n) is 12.9. The number of quaternary nitrogens is 2. The van der Waals surface area contributed by atoms with E-state index in [1.807, 2.05) is 73.1 Å². The molecular formula is C18H16N6+2. The van der Waals surface area contributed by atoms with Gasteiger partial charge in [0.05, 0.1) is 0 Å². The smallest absolute Gasteiger partial charge is 0.0622 e. The molecule has 2 aliphatic rings. The predicted octanol–water partition coefficient (Wildman–Crippen LogP) is 0.0348. The maximum absolute atomic E-state index is 4.51. The maximum Gasteiger partial charge on any atom is 0.206 e. The van der Waals surface area contributed by atoms with E-state index in [9.17, 15) is 0 Å². The van der Waals surface area contributed by atoms with E-state index in [0.29, 0.717) is 10.2 Å². The minimum atomic E-state index is 0.653. The molecule has 0 fully saturated rings. The van der Waals surface area contributed by atoms with Gasteiger partial charge in [-0.05, 0) is 10.2 Å². The van der Waals surface area contributed by atoms with Gasteiger partial charge in [0.25, 0.3) is 0 Å². The summed E-state index contributed by atoms with van der Waals surface area (Å²) in [5.74, 6) is 0. The van der Waals surface area contributed by atoms with E-state index < -0.39 is 0 Å². The highest BCUT2D eigenvalue weighted by Crippen LogP contribution is 2.01. The molecule has 6 nitrogen and oxygen atoms in total. The molecule has 2 atom stereocenters. The molecule has 0 saturated carbocycles. The maximum atomic E-state index is 4.51. The van der Waals surface area contributed by atoms with Crippen molar-refractivity contribution >= 4 is 23.9 Å². The molecule has 0 amide bonds. The van der Waals surface area contributed by atoms with Gasteiger partial charge in [0.2, 0.25) is 12.4 Å². The molecule has 2 aromatic rings. The van der Waals surface area contributed by atoms with Crippen molar-refractivity contribution in [1.82, 2.24) is 0 Å². The Morgan fingerprint density at radius 2 is 1.00 bits per heavy atom. The van der Waals surface area contributed by atoms with Crippen molar-refractivity contribution in [2.75, 3.05) is 0 Å². The van der Waals surface area contributed by atoms with Gasteiger partial charge in [-0.2, -0.15) is 0 Å². The second-order valence-electron chi connectivity index (χ2n) is 5.29. The van der Waals surface area contributed by atoms with Gasteiger partial charge in [-0.25, -0.2) is 0 Å². The van der Waals surface area contributed by atoms with E-state index in [4.69, 9.17) is 0 Å². The Kier molecular flexibility index (Phi) is 3.89. The van der Waals surface area contributed by atoms with Crippen LogP contribution in [0.4, 0.5) is 0 Å². The Balaban J connectivity index is 1.44. The van der Waals surface area contributed by atoms with Crippen LogP contribution < -0.4 is 10.2 Å². The lowest BCUT2D eigenvalue weighted by Gasteiger charge is -1.96. The quantitative estimate of drug-likeness (QED) is 0.800. The molecule has 0 radical (unpaired) electrons. The van der Waals surface area contributed by atoms with Crippen LogP contribution in [0.5, 0.6) is 0 Å². The summed E-state index contributed by atoms with van der Waals surface area (Å²) in [6, 6.07) is 20.0. The number of hydrogen-bond acceptors (Lipinski definition) is 4. The molecule has 4 rings (SSSR count). The molecule has 0 spiro atoms. The molecule has 2 unspecified atom stereocenters. The van der Waals surface area contributed by atoms with Gasteiger partial charge in [-0.15, -0.1) is 0 Å². The molecule has 0 aliphatic carbocycles. The van der Waals surface area contributed by atoms with Crippen molar-refractivity contribution in [2.24, 2.45) is 20.4 Å². The first-order valence-corrected chi connectivity index (χ1v) is 7.67. The lowest BCUT2D eigenvalue weighted by molar-refractivity contribution is -0.887. The lowest BCUT2D eigenvalue weighted by atomic mass is 10.1. The van der Waals surface area contributed by atoms with Crippen LogP contribution in [-0.4, -0.2) is 23.9 Å². The van der Waals surface area contributed by atoms with E-state index in [1.165, 1.54) is 0 Å². The summed E-state index contributed by atoms with van der Waals surface area (Å²) >= 11 is 0. The van der Waals surface area contributed by atoms with Gasteiger partial charge < -0.3 is 0 Å². The van der Waals surface area contributed by atoms with E-state index in [0.717, 1.165) is 22.6 Å². The molecule has 0 bridgehead atoms. The largest absolute Gasteiger partial charge is 0.206 e. The van der Waals surface area contributed by atoms with Crippen molar-refractivity contribution in [2.45, 2.75) is 0 Å². The molecule has 2 aliphatic heterocycles. The zero-order valence-corrected chi connectivity index (χ0v) is 12.9. The first-order chi connectivity index (χ1) is 11.9. The summed E-state index contributed by atoms with van der Waals surface area (Å²) in [7, 11) is 0. The molecule has 0 aromatic heterocycles. The van der Waals surface area contributed by atoms with E-state index in [-0.39, 0.29) is 0 Å². The summed E-state index contributed by atoms with van der Waals surface area (Å²) in [6.45, 7) is 0. The van der Waals surface area contributed by atoms with Crippen LogP contribution in [0.1, 0.15) is 11.1 Å². The topological polar surface area (TPSA) is 58.3 Å². The van der Waals surface area contributed by atoms with Gasteiger partial charge >= 0.3 is 0 Å². The van der Waals surface area contributed by atoms with E-state index in [1.54, 1.807) is 12.4 Å². The van der Waals surface area contributed by atoms with Crippen LogP contribution in [0.2, 0.25) is 0 Å². The second-order valence-corrected chi connectivity index (χ2v) is 5.29. The Morgan fingerprint density at radius 3 is 1.42 bits per heavy atom. The predicted molar refractivity (Wildman–Crippen MR) is 94.0 cm³/mol. The monoisotopic (exact) mass is 316 g/mol. The second kappa shape index (κ2) is 6.49. The molecule has 6 heteroatoms. The number of hydrogen-bond donors (Lipinski definition) is 2. The van der Waals surface area contributed by atoms with Gasteiger partial charge in [-0.1, -0.05) is 81.1 Å². The molecule has 24 heavy (non-hydrogen) atoms. The van der Waals surface area contributed by atoms with Crippen LogP contribution in [0, 0.1) is 0 Å². The van der Waals surface area contributed by atoms with Gasteiger partial charge in [0.15, 0.2) is 11.4 Å². The minimum Gasteiger partial charge on any atom is -0.0622 e. The zero-order chi connectivity index (χ0) is 16.2. The fourth-order valence-corrected chi connectivity index (χ4v) is 2.42. The number of benzene rings is 2. The first kappa shape index (κ1) is 14.4. The molecule has 116 valence electrons. The first-order valence-electron chi connectivity index (χ1n) is 7.67. The third kappa shape index (κ3) is 3.10. The highest BCUT2D eigenvalue weighted by atomic mass is 15.7. The SMILES string of the molecule is C(=C[NH+]1N=CC(c2ccccc2)=N1)[NH+]1N=CC(c2ccccc2)=N1. The summed E-state index contributed by atoms with van der Waals surface area (Å²) in [5, 5.41) is 19.0. The normalized spacial score (nSPS) is 22.2. The average molecular weight is 316 g/mol. The fourth-order valence-electron chi connectivity index (χ4n) is 2.42. The van der Waals surface area contributed by atoms with Crippen LogP contribution in [0.15, 0.2) is 93.5 Å². The number of nitrogens with one attached hydrogen (secondary N) is 2. The van der Waals surface area contributed by atoms with Gasteiger partial charge in [0, 0.05) is 11.1 Å². The van der Waals surface area contributed by atoms with Crippen molar-refractivity contribution in [1.29, 1.82) is 0 Å². The summed E-state index contributed by atoms with van der Waals surface area (Å²) in [5.41, 5.74) is 3.84. The highest BCUT2D eigenvalue weighted by molar-refractivity contribution is 6.38. The molecule has 2 N–H and O–H groups in total. The Morgan fingerprint density at radius 1 is 0.583 bits per heavy atom. The van der Waals surface area contributed by atoms with Crippen LogP contribution in [0.25, 0.3) is 0 Å². The summed E-state index contributed by atoms with van der Waals surface area (Å²) in [6.07, 6.45) is 7.21. The van der Waals surface area contributed by atoms with Crippen molar-refractivity contribution in [3.05, 3.63) is 84.2 Å². The van der Waals surface area contributed by atoms with Gasteiger partial charge in [0.1, 0.15) is 12.4 Å². The van der Waals surface area contributed by atoms with Crippen molar-refractivity contribution < 1.29 is 10.2 Å². The number of rotatable bonds is 4. The van der Waals surface area contributed by atoms with Crippen LogP contribution in [0.3, 0.4) is 0 Å². The molecule has 2 aromatic carbocycles. The van der Waals surface area contributed by atoms with Crippen LogP contribution >= 0.6 is 0 Å². The Labute approximate surface area is 139 Å². The lowest BCUT2D eigenvalue weighted by Crippen LogP contribution is -3.01. The summed E-state index contributed by atoms with van der Waals surface area (Å²) in [4.78, 5) is 0. The average Bonchev–Trinajstić information content (AvgIpc) is 3.31. The van der Waals surface area contributed by atoms with Crippen LogP contribution in [-0.2, 0) is 0 Å². The van der Waals surface area contributed by atoms with E-state index >= 15 is 0 Å². The highest BCUT2D eigenvalue weighted by Gasteiger charge is 2.18. The van der Waals surface area contributed by atoms with Gasteiger partial charge in [-0.3, -0.25) is 0 Å². The molecular weight excluding hydrogens is 300 g/mol. The number of nitrogens with zero attached hydrogens (tertiary/aromatic N) is 4. The fraction of sp³-hybridized carbons (Fsp3) is 0. The standard InChI is InChI=1S/C18H14N6/c1-3-7-15(8-4-1)17-13-19-23(21-17)11-12-24-20-14-18(22-24)16-9-5-2-6-10-16/h1-14H/p+2.